The van der Waals surface area contributed by atoms with Crippen molar-refractivity contribution in [3.63, 3.8) is 0 Å². The Morgan fingerprint density at radius 2 is 0.267 bits per heavy atom. The van der Waals surface area contributed by atoms with Crippen molar-refractivity contribution in [2.24, 2.45) is 0 Å². The van der Waals surface area contributed by atoms with E-state index in [0.717, 1.165) is 162 Å². The molecule has 0 saturated heterocycles. The fourth-order valence-electron chi connectivity index (χ4n) is 16.1. The highest BCUT2D eigenvalue weighted by Crippen LogP contribution is 2.43. The molecule has 0 heterocycles. The summed E-state index contributed by atoms with van der Waals surface area (Å²) in [4.78, 5) is 0. The topological polar surface area (TPSA) is 258 Å². The number of hydrogen-bond acceptors (Lipinski definition) is 28. The first-order chi connectivity index (χ1) is 50.1. The van der Waals surface area contributed by atoms with Crippen molar-refractivity contribution in [3.05, 3.63) is 0 Å². The van der Waals surface area contributed by atoms with Crippen LogP contribution >= 0.6 is 0 Å². The van der Waals surface area contributed by atoms with E-state index in [1.54, 1.807) is 192 Å². The molecule has 40 heteroatoms. The van der Waals surface area contributed by atoms with Gasteiger partial charge in [0.1, 0.15) is 0 Å². The van der Waals surface area contributed by atoms with Crippen molar-refractivity contribution in [3.8, 4) is 0 Å². The van der Waals surface area contributed by atoms with E-state index in [1.165, 1.54) is 0 Å². The zero-order valence-electron chi connectivity index (χ0n) is 71.4. The molecule has 0 aromatic heterocycles. The summed E-state index contributed by atoms with van der Waals surface area (Å²) in [6.07, 6.45) is 12.5. The number of rotatable bonds is 76. The molecule has 105 heavy (non-hydrogen) atoms. The van der Waals surface area contributed by atoms with Crippen LogP contribution in [0.25, 0.3) is 0 Å². The summed E-state index contributed by atoms with van der Waals surface area (Å²) >= 11 is 0. The fraction of sp³-hybridized carbons (Fsp3) is 1.00. The summed E-state index contributed by atoms with van der Waals surface area (Å²) < 4.78 is 171. The molecule has 0 aliphatic carbocycles. The van der Waals surface area contributed by atoms with E-state index in [4.69, 9.17) is 124 Å². The second-order valence-electron chi connectivity index (χ2n) is 27.9. The lowest BCUT2D eigenvalue weighted by molar-refractivity contribution is -0.0444. The van der Waals surface area contributed by atoms with Gasteiger partial charge in [0.25, 0.3) is 0 Å². The van der Waals surface area contributed by atoms with Crippen molar-refractivity contribution in [1.82, 2.24) is 0 Å². The van der Waals surface area contributed by atoms with Crippen LogP contribution in [0.15, 0.2) is 0 Å². The first-order valence-electron chi connectivity index (χ1n) is 37.7. The molecule has 28 nitrogen and oxygen atoms in total. The molecule has 0 aromatic rings. The molecule has 0 spiro atoms. The lowest BCUT2D eigenvalue weighted by Crippen LogP contribution is -2.45. The van der Waals surface area contributed by atoms with Crippen LogP contribution in [-0.2, 0) is 124 Å². The van der Waals surface area contributed by atoms with Crippen LogP contribution in [0.4, 0.5) is 0 Å². The molecular weight excluding hydrogens is 1570 g/mol. The molecule has 0 amide bonds. The Labute approximate surface area is 651 Å². The highest BCUT2D eigenvalue weighted by Gasteiger charge is 2.49. The molecule has 0 saturated carbocycles. The van der Waals surface area contributed by atoms with Gasteiger partial charge in [-0.25, -0.2) is 0 Å². The smallest absolute Gasteiger partial charge is 0.377 e. The Morgan fingerprint density at radius 3 is 0.390 bits per heavy atom. The zero-order valence-corrected chi connectivity index (χ0v) is 83.4. The lowest BCUT2D eigenvalue weighted by Gasteiger charge is -2.39. The third kappa shape index (κ3) is 35.1. The van der Waals surface area contributed by atoms with E-state index in [9.17, 15) is 0 Å². The standard InChI is InChI=1S/C65H156O28Si12/c1-65(41-29-44-94(47-32-56-97(66-2,67-3)68-4,48-33-57-98(69-5,70-6)71-7)49-34-58-99(72-8,73-9)74-10,42-30-45-95(50-35-59-100(75-11,76-12)77-13,51-36-60-101(78-14,79-15)80-16)52-37-61-102(81-17,82-18)83-19)93-43-31-46-96(53-38-62-103(84-20,85-21)86-22,54-39-63-104(87-23,88-24)89-25)55-40-64-105(90-26,91-27)92-28/h29-64H2,1-28H3. The van der Waals surface area contributed by atoms with E-state index in [1.807, 2.05) is 0 Å². The Hall–Kier alpha value is 1.48. The molecule has 0 atom stereocenters. The normalized spacial score (nSPS) is 14.1. The SMILES string of the molecule is CO[Si](CCC[Si](CCCOC(C)(CCC[Si](CCC[Si](OC)(OC)OC)(CCC[Si](OC)(OC)OC)CCC[Si](OC)(OC)OC)CCC[Si](CCC[Si](OC)(OC)OC)(CCC[Si](OC)(OC)OC)CCC[Si](OC)(OC)OC)(CCC[Si](OC)(OC)OC)CCC[Si](OC)(OC)OC)(OC)OC. The monoisotopic (exact) mass is 1720 g/mol. The lowest BCUT2D eigenvalue weighted by atomic mass is 9.94. The van der Waals surface area contributed by atoms with Crippen LogP contribution in [0.1, 0.15) is 96.8 Å². The molecule has 0 N–H and O–H groups in total. The van der Waals surface area contributed by atoms with E-state index in [2.05, 4.69) is 6.92 Å². The van der Waals surface area contributed by atoms with E-state index in [-0.39, 0.29) is 0 Å². The van der Waals surface area contributed by atoms with E-state index in [0.29, 0.717) is 61.0 Å². The van der Waals surface area contributed by atoms with Gasteiger partial charge in [-0.2, -0.15) is 0 Å². The molecule has 0 unspecified atom stereocenters. The predicted molar refractivity (Wildman–Crippen MR) is 438 cm³/mol. The minimum atomic E-state index is -2.93. The molecule has 0 rings (SSSR count). The molecule has 632 valence electrons. The minimum absolute atomic E-state index is 0.510. The molecule has 0 aromatic carbocycles. The van der Waals surface area contributed by atoms with Crippen LogP contribution in [0.3, 0.4) is 0 Å². The zero-order chi connectivity index (χ0) is 79.8. The van der Waals surface area contributed by atoms with Gasteiger partial charge >= 0.3 is 79.2 Å². The van der Waals surface area contributed by atoms with Gasteiger partial charge < -0.3 is 124 Å². The Balaban J connectivity index is 8.81. The molecule has 0 radical (unpaired) electrons. The maximum absolute atomic E-state index is 7.73. The average molecular weight is 1720 g/mol. The molecule has 0 aliphatic heterocycles. The van der Waals surface area contributed by atoms with Gasteiger partial charge in [-0.3, -0.25) is 0 Å². The maximum atomic E-state index is 7.73. The third-order valence-corrected chi connectivity index (χ3v) is 65.7. The first kappa shape index (κ1) is 106. The highest BCUT2D eigenvalue weighted by atomic mass is 28.4. The van der Waals surface area contributed by atoms with Gasteiger partial charge in [0.15, 0.2) is 0 Å². The molecule has 0 bridgehead atoms. The van der Waals surface area contributed by atoms with Crippen molar-refractivity contribution in [2.75, 3.05) is 199 Å². The van der Waals surface area contributed by atoms with Gasteiger partial charge in [0.2, 0.25) is 0 Å². The van der Waals surface area contributed by atoms with Gasteiger partial charge in [0, 0.05) is 253 Å². The Morgan fingerprint density at radius 1 is 0.152 bits per heavy atom. The molecule has 0 aliphatic rings. The van der Waals surface area contributed by atoms with Crippen LogP contribution in [0.2, 0.25) is 127 Å². The van der Waals surface area contributed by atoms with Crippen molar-refractivity contribution in [2.45, 2.75) is 229 Å². The Kier molecular flexibility index (Phi) is 56.7. The quantitative estimate of drug-likeness (QED) is 0.0405. The van der Waals surface area contributed by atoms with Crippen LogP contribution in [-0.4, -0.2) is 308 Å². The summed E-state index contributed by atoms with van der Waals surface area (Å²) in [5.41, 5.74) is -0.510. The minimum Gasteiger partial charge on any atom is -0.377 e. The van der Waals surface area contributed by atoms with Gasteiger partial charge in [0.05, 0.1) is 29.8 Å². The van der Waals surface area contributed by atoms with Crippen LogP contribution in [0.5, 0.6) is 0 Å². The van der Waals surface area contributed by atoms with Crippen molar-refractivity contribution in [1.29, 1.82) is 0 Å². The third-order valence-electron chi connectivity index (χ3n) is 23.2. The van der Waals surface area contributed by atoms with Gasteiger partial charge in [-0.15, -0.1) is 0 Å². The molecular formula is C65H156O28Si12. The second kappa shape index (κ2) is 55.9. The van der Waals surface area contributed by atoms with Gasteiger partial charge in [-0.1, -0.05) is 143 Å². The van der Waals surface area contributed by atoms with Crippen LogP contribution < -0.4 is 0 Å². The van der Waals surface area contributed by atoms with Crippen molar-refractivity contribution >= 4 is 103 Å². The van der Waals surface area contributed by atoms with Gasteiger partial charge in [-0.05, 0) is 26.2 Å². The van der Waals surface area contributed by atoms with Crippen molar-refractivity contribution < 1.29 is 124 Å². The predicted octanol–water partition coefficient (Wildman–Crippen LogP) is 13.5. The summed E-state index contributed by atoms with van der Waals surface area (Å²) in [7, 11) is 12.7. The largest absolute Gasteiger partial charge is 0.500 e. The highest BCUT2D eigenvalue weighted by molar-refractivity contribution is 6.81. The molecule has 0 fully saturated rings. The second-order valence-corrected chi connectivity index (χ2v) is 70.8. The summed E-state index contributed by atoms with van der Waals surface area (Å²) in [6, 6.07) is 18.7. The first-order valence-corrected chi connectivity index (χ1v) is 63.5. The average Bonchev–Trinajstić information content (AvgIpc) is 0.840. The summed E-state index contributed by atoms with van der Waals surface area (Å²) in [5, 5.41) is 0. The summed E-state index contributed by atoms with van der Waals surface area (Å²) in [6.45, 7) is 2.98. The fourth-order valence-corrected chi connectivity index (χ4v) is 50.4. The maximum Gasteiger partial charge on any atom is 0.500 e. The van der Waals surface area contributed by atoms with E-state index < -0.39 is 109 Å². The summed E-state index contributed by atoms with van der Waals surface area (Å²) in [5.74, 6) is 0. The number of hydrogen-bond donors (Lipinski definition) is 0. The number of ether oxygens (including phenoxy) is 1. The van der Waals surface area contributed by atoms with Crippen LogP contribution in [0, 0.1) is 0 Å². The van der Waals surface area contributed by atoms with E-state index >= 15 is 0 Å². The Bertz CT molecular complexity index is 1740.